The molecule has 0 aliphatic carbocycles. The first-order chi connectivity index (χ1) is 11.9. The van der Waals surface area contributed by atoms with E-state index in [2.05, 4.69) is 21.2 Å². The van der Waals surface area contributed by atoms with Gasteiger partial charge in [-0.05, 0) is 56.6 Å². The van der Waals surface area contributed by atoms with Crippen LogP contribution in [0.4, 0.5) is 0 Å². The van der Waals surface area contributed by atoms with Crippen molar-refractivity contribution in [1.29, 1.82) is 0 Å². The first-order valence-electron chi connectivity index (χ1n) is 8.09. The van der Waals surface area contributed by atoms with Crippen LogP contribution in [0, 0.1) is 0 Å². The molecule has 25 heavy (non-hydrogen) atoms. The Morgan fingerprint density at radius 2 is 1.92 bits per heavy atom. The Labute approximate surface area is 167 Å². The lowest BCUT2D eigenvalue weighted by Crippen LogP contribution is -2.19. The third-order valence-electron chi connectivity index (χ3n) is 3.63. The van der Waals surface area contributed by atoms with Crippen LogP contribution in [0.3, 0.4) is 0 Å². The standard InChI is InChI=1S/C19H22BrCl2NO2/c1-12(2)25-19-15(16(20)6-7-18(19)24-3)11-23-9-8-13-4-5-14(21)10-17(13)22/h4-7,10,12,23H,8-9,11H2,1-3H3. The zero-order valence-corrected chi connectivity index (χ0v) is 17.6. The van der Waals surface area contributed by atoms with Gasteiger partial charge in [0.1, 0.15) is 0 Å². The van der Waals surface area contributed by atoms with Crippen molar-refractivity contribution in [3.63, 3.8) is 0 Å². The summed E-state index contributed by atoms with van der Waals surface area (Å²) in [4.78, 5) is 0. The highest BCUT2D eigenvalue weighted by Gasteiger charge is 2.15. The maximum absolute atomic E-state index is 6.22. The fraction of sp³-hybridized carbons (Fsp3) is 0.368. The summed E-state index contributed by atoms with van der Waals surface area (Å²) >= 11 is 15.8. The van der Waals surface area contributed by atoms with E-state index in [4.69, 9.17) is 32.7 Å². The summed E-state index contributed by atoms with van der Waals surface area (Å²) in [6.45, 7) is 5.44. The van der Waals surface area contributed by atoms with Crippen LogP contribution in [0.15, 0.2) is 34.8 Å². The van der Waals surface area contributed by atoms with Gasteiger partial charge in [0.15, 0.2) is 11.5 Å². The van der Waals surface area contributed by atoms with Gasteiger partial charge in [-0.2, -0.15) is 0 Å². The fourth-order valence-corrected chi connectivity index (χ4v) is 3.39. The molecule has 0 aromatic heterocycles. The van der Waals surface area contributed by atoms with Gasteiger partial charge in [-0.25, -0.2) is 0 Å². The summed E-state index contributed by atoms with van der Waals surface area (Å²) in [6.07, 6.45) is 0.882. The molecule has 0 bridgehead atoms. The minimum absolute atomic E-state index is 0.0647. The van der Waals surface area contributed by atoms with Crippen LogP contribution in [0.1, 0.15) is 25.0 Å². The number of ether oxygens (including phenoxy) is 2. The zero-order valence-electron chi connectivity index (χ0n) is 14.5. The number of benzene rings is 2. The number of methoxy groups -OCH3 is 1. The van der Waals surface area contributed by atoms with Gasteiger partial charge in [0.2, 0.25) is 0 Å². The summed E-state index contributed by atoms with van der Waals surface area (Å²) in [5, 5.41) is 4.79. The average Bonchev–Trinajstić information content (AvgIpc) is 2.55. The molecule has 6 heteroatoms. The van der Waals surface area contributed by atoms with E-state index < -0.39 is 0 Å². The van der Waals surface area contributed by atoms with Crippen LogP contribution in [-0.2, 0) is 13.0 Å². The van der Waals surface area contributed by atoms with E-state index in [-0.39, 0.29) is 6.10 Å². The highest BCUT2D eigenvalue weighted by atomic mass is 79.9. The predicted octanol–water partition coefficient (Wildman–Crippen LogP) is 5.88. The minimum atomic E-state index is 0.0647. The molecule has 0 spiro atoms. The van der Waals surface area contributed by atoms with E-state index in [1.54, 1.807) is 13.2 Å². The van der Waals surface area contributed by atoms with E-state index in [9.17, 15) is 0 Å². The predicted molar refractivity (Wildman–Crippen MR) is 108 cm³/mol. The van der Waals surface area contributed by atoms with Crippen molar-refractivity contribution < 1.29 is 9.47 Å². The summed E-state index contributed by atoms with van der Waals surface area (Å²) < 4.78 is 12.4. The van der Waals surface area contributed by atoms with Crippen molar-refractivity contribution in [3.05, 3.63) is 56.0 Å². The van der Waals surface area contributed by atoms with E-state index in [0.717, 1.165) is 40.1 Å². The molecule has 0 aliphatic rings. The Hall–Kier alpha value is -0.940. The second-order valence-electron chi connectivity index (χ2n) is 5.89. The normalized spacial score (nSPS) is 11.0. The summed E-state index contributed by atoms with van der Waals surface area (Å²) in [6, 6.07) is 9.46. The van der Waals surface area contributed by atoms with Gasteiger partial charge >= 0.3 is 0 Å². The molecule has 0 radical (unpaired) electrons. The molecular weight excluding hydrogens is 425 g/mol. The largest absolute Gasteiger partial charge is 0.493 e. The molecular formula is C19H22BrCl2NO2. The number of hydrogen-bond donors (Lipinski definition) is 1. The van der Waals surface area contributed by atoms with Crippen molar-refractivity contribution in [1.82, 2.24) is 5.32 Å². The van der Waals surface area contributed by atoms with Crippen LogP contribution < -0.4 is 14.8 Å². The molecule has 0 unspecified atom stereocenters. The molecule has 0 fully saturated rings. The van der Waals surface area contributed by atoms with Gasteiger partial charge in [-0.3, -0.25) is 0 Å². The van der Waals surface area contributed by atoms with Crippen molar-refractivity contribution in [2.45, 2.75) is 32.9 Å². The maximum atomic E-state index is 6.22. The molecule has 0 heterocycles. The minimum Gasteiger partial charge on any atom is -0.493 e. The molecule has 2 rings (SSSR count). The summed E-state index contributed by atoms with van der Waals surface area (Å²) in [7, 11) is 1.65. The number of rotatable bonds is 8. The second kappa shape index (κ2) is 9.67. The van der Waals surface area contributed by atoms with E-state index in [1.165, 1.54) is 0 Å². The van der Waals surface area contributed by atoms with Crippen LogP contribution in [-0.4, -0.2) is 19.8 Å². The third kappa shape index (κ3) is 5.78. The SMILES string of the molecule is COc1ccc(Br)c(CNCCc2ccc(Cl)cc2Cl)c1OC(C)C. The van der Waals surface area contributed by atoms with Gasteiger partial charge in [0.05, 0.1) is 13.2 Å². The quantitative estimate of drug-likeness (QED) is 0.513. The monoisotopic (exact) mass is 445 g/mol. The molecule has 0 amide bonds. The smallest absolute Gasteiger partial charge is 0.167 e. The molecule has 2 aromatic rings. The number of halogens is 3. The highest BCUT2D eigenvalue weighted by Crippen LogP contribution is 2.37. The number of hydrogen-bond acceptors (Lipinski definition) is 3. The van der Waals surface area contributed by atoms with Crippen LogP contribution >= 0.6 is 39.1 Å². The van der Waals surface area contributed by atoms with Gasteiger partial charge < -0.3 is 14.8 Å². The fourth-order valence-electron chi connectivity index (χ4n) is 2.43. The third-order valence-corrected chi connectivity index (χ3v) is 4.96. The van der Waals surface area contributed by atoms with E-state index in [1.807, 2.05) is 38.1 Å². The lowest BCUT2D eigenvalue weighted by molar-refractivity contribution is 0.227. The Morgan fingerprint density at radius 3 is 2.56 bits per heavy atom. The molecule has 3 nitrogen and oxygen atoms in total. The van der Waals surface area contributed by atoms with E-state index >= 15 is 0 Å². The van der Waals surface area contributed by atoms with Crippen molar-refractivity contribution in [2.24, 2.45) is 0 Å². The molecule has 136 valence electrons. The topological polar surface area (TPSA) is 30.5 Å². The van der Waals surface area contributed by atoms with Crippen molar-refractivity contribution in [3.8, 4) is 11.5 Å². The lowest BCUT2D eigenvalue weighted by Gasteiger charge is -2.19. The van der Waals surface area contributed by atoms with Gasteiger partial charge in [0.25, 0.3) is 0 Å². The lowest BCUT2D eigenvalue weighted by atomic mass is 10.1. The maximum Gasteiger partial charge on any atom is 0.167 e. The van der Waals surface area contributed by atoms with Crippen LogP contribution in [0.25, 0.3) is 0 Å². The summed E-state index contributed by atoms with van der Waals surface area (Å²) in [5.74, 6) is 1.50. The first-order valence-corrected chi connectivity index (χ1v) is 9.64. The molecule has 0 saturated heterocycles. The molecule has 2 aromatic carbocycles. The van der Waals surface area contributed by atoms with Gasteiger partial charge in [0, 0.05) is 26.6 Å². The van der Waals surface area contributed by atoms with Crippen LogP contribution in [0.2, 0.25) is 10.0 Å². The zero-order chi connectivity index (χ0) is 18.4. The van der Waals surface area contributed by atoms with Crippen molar-refractivity contribution >= 4 is 39.1 Å². The van der Waals surface area contributed by atoms with E-state index in [0.29, 0.717) is 16.6 Å². The molecule has 0 aliphatic heterocycles. The van der Waals surface area contributed by atoms with Gasteiger partial charge in [-0.1, -0.05) is 45.2 Å². The Morgan fingerprint density at radius 1 is 1.16 bits per heavy atom. The Balaban J connectivity index is 2.04. The van der Waals surface area contributed by atoms with Crippen LogP contribution in [0.5, 0.6) is 11.5 Å². The molecule has 0 atom stereocenters. The molecule has 0 saturated carbocycles. The average molecular weight is 447 g/mol. The summed E-state index contributed by atoms with van der Waals surface area (Å²) in [5.41, 5.74) is 2.11. The highest BCUT2D eigenvalue weighted by molar-refractivity contribution is 9.10. The Kier molecular flexibility index (Phi) is 7.88. The molecule has 1 N–H and O–H groups in total. The second-order valence-corrected chi connectivity index (χ2v) is 7.58. The first kappa shape index (κ1) is 20.4. The number of nitrogens with one attached hydrogen (secondary N) is 1. The van der Waals surface area contributed by atoms with Crippen molar-refractivity contribution in [2.75, 3.05) is 13.7 Å². The van der Waals surface area contributed by atoms with Gasteiger partial charge in [-0.15, -0.1) is 0 Å². The Bertz CT molecular complexity index is 723.